The van der Waals surface area contributed by atoms with Crippen LogP contribution in [0.15, 0.2) is 72.3 Å². The number of alkyl carbamates (subject to hydrolysis) is 2. The summed E-state index contributed by atoms with van der Waals surface area (Å²) in [6.45, 7) is 8.90. The minimum atomic E-state index is -0.688. The van der Waals surface area contributed by atoms with Gasteiger partial charge in [0.05, 0.1) is 48.4 Å². The molecule has 2 aliphatic heterocycles. The number of benzene rings is 3. The Labute approximate surface area is 386 Å². The van der Waals surface area contributed by atoms with Crippen LogP contribution >= 0.6 is 0 Å². The van der Waals surface area contributed by atoms with Crippen LogP contribution < -0.4 is 10.6 Å². The van der Waals surface area contributed by atoms with Gasteiger partial charge in [-0.2, -0.15) is 0 Å². The summed E-state index contributed by atoms with van der Waals surface area (Å²) in [5.41, 5.74) is 12.4. The van der Waals surface area contributed by atoms with Gasteiger partial charge in [-0.25, -0.2) is 19.6 Å². The number of carbonyl (C=O) groups is 4. The van der Waals surface area contributed by atoms with Gasteiger partial charge in [0.25, 0.3) is 0 Å². The molecule has 346 valence electrons. The molecule has 5 aliphatic carbocycles. The molecule has 5 aromatic rings. The van der Waals surface area contributed by atoms with E-state index in [2.05, 4.69) is 87.4 Å². The Morgan fingerprint density at radius 3 is 1.80 bits per heavy atom. The number of methoxy groups -OCH3 is 2. The average molecular weight is 895 g/mol. The molecular weight excluding hydrogens is 833 g/mol. The van der Waals surface area contributed by atoms with E-state index in [-0.39, 0.29) is 35.7 Å². The number of nitrogens with zero attached hydrogens (tertiary/aromatic N) is 4. The predicted octanol–water partition coefficient (Wildman–Crippen LogP) is 9.10. The molecule has 4 bridgehead atoms. The summed E-state index contributed by atoms with van der Waals surface area (Å²) in [7, 11) is 2.61. The highest BCUT2D eigenvalue weighted by Crippen LogP contribution is 2.40. The summed E-state index contributed by atoms with van der Waals surface area (Å²) < 4.78 is 9.64. The molecule has 14 heteroatoms. The molecule has 3 unspecified atom stereocenters. The number of fused-ring (bicyclic) bond motifs is 2. The summed E-state index contributed by atoms with van der Waals surface area (Å²) >= 11 is 0. The van der Waals surface area contributed by atoms with Crippen molar-refractivity contribution in [3.63, 3.8) is 0 Å². The maximum atomic E-state index is 13.8. The Balaban J connectivity index is 0.930. The minimum absolute atomic E-state index is 0.104. The van der Waals surface area contributed by atoms with E-state index in [4.69, 9.17) is 19.4 Å². The topological polar surface area (TPSA) is 175 Å². The third-order valence-corrected chi connectivity index (χ3v) is 14.2. The molecule has 0 saturated carbocycles. The summed E-state index contributed by atoms with van der Waals surface area (Å²) in [6.07, 6.45) is 11.8. The van der Waals surface area contributed by atoms with Gasteiger partial charge in [0.1, 0.15) is 23.7 Å². The third kappa shape index (κ3) is 8.93. The van der Waals surface area contributed by atoms with Gasteiger partial charge in [-0.3, -0.25) is 9.59 Å². The summed E-state index contributed by atoms with van der Waals surface area (Å²) in [4.78, 5) is 72.7. The highest BCUT2D eigenvalue weighted by Gasteiger charge is 2.39. The molecule has 0 spiro atoms. The van der Waals surface area contributed by atoms with Crippen molar-refractivity contribution >= 4 is 51.6 Å². The molecule has 2 saturated heterocycles. The number of likely N-dealkylation sites (tertiary alicyclic amines) is 2. The summed E-state index contributed by atoms with van der Waals surface area (Å²) in [5, 5.41) is 5.48. The fourth-order valence-electron chi connectivity index (χ4n) is 10.5. The van der Waals surface area contributed by atoms with Crippen LogP contribution in [0.4, 0.5) is 9.59 Å². The third-order valence-electron chi connectivity index (χ3n) is 14.2. The van der Waals surface area contributed by atoms with Crippen molar-refractivity contribution < 1.29 is 28.7 Å². The molecular formula is C52H62N8O6. The molecule has 14 nitrogen and oxygen atoms in total. The zero-order valence-electron chi connectivity index (χ0n) is 38.9. The zero-order chi connectivity index (χ0) is 46.2. The van der Waals surface area contributed by atoms with Crippen LogP contribution in [-0.2, 0) is 31.9 Å². The van der Waals surface area contributed by atoms with Crippen LogP contribution in [0, 0.1) is 17.8 Å². The monoisotopic (exact) mass is 894 g/mol. The molecule has 4 N–H and O–H groups in total. The van der Waals surface area contributed by atoms with E-state index >= 15 is 0 Å². The second-order valence-corrected chi connectivity index (χ2v) is 19.1. The van der Waals surface area contributed by atoms with Gasteiger partial charge in [0.15, 0.2) is 0 Å². The van der Waals surface area contributed by atoms with Crippen molar-refractivity contribution in [1.29, 1.82) is 0 Å². The Morgan fingerprint density at radius 2 is 1.24 bits per heavy atom. The number of allylic oxidation sites excluding steroid dienone is 4. The maximum absolute atomic E-state index is 13.8. The van der Waals surface area contributed by atoms with E-state index in [1.165, 1.54) is 42.1 Å². The molecule has 2 aromatic heterocycles. The molecule has 4 amide bonds. The van der Waals surface area contributed by atoms with Crippen molar-refractivity contribution in [2.75, 3.05) is 27.3 Å². The normalized spacial score (nSPS) is 20.6. The van der Waals surface area contributed by atoms with Gasteiger partial charge in [-0.1, -0.05) is 70.2 Å². The molecule has 7 aliphatic rings. The summed E-state index contributed by atoms with van der Waals surface area (Å²) in [5.74, 6) is 1.46. The molecule has 2 fully saturated rings. The highest BCUT2D eigenvalue weighted by atomic mass is 16.5. The fraction of sp³-hybridized carbons (Fsp3) is 0.462. The van der Waals surface area contributed by atoms with E-state index in [0.29, 0.717) is 19.0 Å². The van der Waals surface area contributed by atoms with Crippen LogP contribution in [-0.4, -0.2) is 93.1 Å². The predicted molar refractivity (Wildman–Crippen MR) is 254 cm³/mol. The fourth-order valence-corrected chi connectivity index (χ4v) is 10.5. The second kappa shape index (κ2) is 18.8. The summed E-state index contributed by atoms with van der Waals surface area (Å²) in [6, 6.07) is 18.1. The number of imidazole rings is 2. The van der Waals surface area contributed by atoms with Crippen LogP contribution in [0.25, 0.3) is 38.8 Å². The number of aromatic nitrogens is 4. The Morgan fingerprint density at radius 1 is 0.682 bits per heavy atom. The second-order valence-electron chi connectivity index (χ2n) is 19.1. The first kappa shape index (κ1) is 44.7. The van der Waals surface area contributed by atoms with E-state index < -0.39 is 24.3 Å². The SMILES string of the molecule is COC(=O)N[C@H](C(=O)N1CCCC1c1nc2ccc(C3=CC4CC=C3CCc3ccc(c(-c5ccc6nc(C7CCCN7C(=O)[C@@H](NC(=O)OC)C(C)C)[nH]c6c5)c3)CC4)cc2[nH]1)C(C)C. The van der Waals surface area contributed by atoms with Gasteiger partial charge in [-0.05, 0) is 139 Å². The number of hydrogen-bond donors (Lipinski definition) is 4. The first-order chi connectivity index (χ1) is 31.9. The van der Waals surface area contributed by atoms with Crippen LogP contribution in [0.2, 0.25) is 0 Å². The van der Waals surface area contributed by atoms with Gasteiger partial charge >= 0.3 is 12.2 Å². The van der Waals surface area contributed by atoms with E-state index in [9.17, 15) is 19.2 Å². The van der Waals surface area contributed by atoms with Gasteiger partial charge in [0, 0.05) is 13.1 Å². The number of hydrogen-bond acceptors (Lipinski definition) is 8. The highest BCUT2D eigenvalue weighted by molar-refractivity contribution is 5.89. The van der Waals surface area contributed by atoms with E-state index in [0.717, 1.165) is 103 Å². The average Bonchev–Trinajstić information content (AvgIpc) is 4.15. The number of H-pyrrole nitrogens is 2. The zero-order valence-corrected chi connectivity index (χ0v) is 38.9. The van der Waals surface area contributed by atoms with Crippen molar-refractivity contribution in [3.05, 3.63) is 101 Å². The lowest BCUT2D eigenvalue weighted by Gasteiger charge is -2.29. The molecule has 66 heavy (non-hydrogen) atoms. The molecule has 5 atom stereocenters. The standard InChI is InChI=1S/C52H62N8O6/c1-29(2)45(57-51(63)65-5)49(61)59-23-7-9-43(59)47-53-39-21-19-35(27-41(39)55-47)37-25-31-11-15-33(37)17-13-32-12-16-34(18-14-31)38(26-32)36-20-22-40-42(28-36)56-48(54-40)44-10-8-24-60(44)50(62)46(30(3)4)58-52(64)66-6/h11,15-16,19-22,25-30,32,43-46H,7-10,12-14,17-18,23-24H2,1-6H3,(H,53,55)(H,54,56)(H,57,63)(H,58,64)/t32?,43?,44?,45-,46-/m0/s1. The van der Waals surface area contributed by atoms with Crippen molar-refractivity contribution in [2.45, 2.75) is 110 Å². The van der Waals surface area contributed by atoms with Crippen molar-refractivity contribution in [2.24, 2.45) is 17.8 Å². The van der Waals surface area contributed by atoms with E-state index in [1.54, 1.807) is 0 Å². The molecule has 3 aromatic carbocycles. The van der Waals surface area contributed by atoms with Gasteiger partial charge < -0.3 is 39.9 Å². The lowest BCUT2D eigenvalue weighted by atomic mass is 9.80. The minimum Gasteiger partial charge on any atom is -0.453 e. The van der Waals surface area contributed by atoms with E-state index in [1.807, 2.05) is 37.5 Å². The lowest BCUT2D eigenvalue weighted by molar-refractivity contribution is -0.136. The smallest absolute Gasteiger partial charge is 0.407 e. The number of rotatable bonds is 10. The Hall–Kier alpha value is -6.44. The molecule has 0 radical (unpaired) electrons. The van der Waals surface area contributed by atoms with Crippen LogP contribution in [0.5, 0.6) is 0 Å². The van der Waals surface area contributed by atoms with Crippen LogP contribution in [0.1, 0.15) is 113 Å². The largest absolute Gasteiger partial charge is 0.453 e. The van der Waals surface area contributed by atoms with Gasteiger partial charge in [0.2, 0.25) is 11.8 Å². The quantitative estimate of drug-likeness (QED) is 0.107. The molecule has 12 rings (SSSR count). The number of aryl methyl sites for hydroxylation is 2. The number of aromatic amines is 2. The number of ether oxygens (including phenoxy) is 2. The lowest BCUT2D eigenvalue weighted by Crippen LogP contribution is -2.51. The van der Waals surface area contributed by atoms with Gasteiger partial charge in [-0.15, -0.1) is 0 Å². The van der Waals surface area contributed by atoms with Crippen LogP contribution in [0.3, 0.4) is 0 Å². The number of nitrogens with one attached hydrogen (secondary N) is 4. The van der Waals surface area contributed by atoms with Crippen molar-refractivity contribution in [1.82, 2.24) is 40.4 Å². The first-order valence-electron chi connectivity index (χ1n) is 23.7. The Bertz CT molecular complexity index is 2730. The first-order valence-corrected chi connectivity index (χ1v) is 23.7. The van der Waals surface area contributed by atoms with Crippen molar-refractivity contribution in [3.8, 4) is 11.1 Å². The number of amides is 4. The Kier molecular flexibility index (Phi) is 12.8. The maximum Gasteiger partial charge on any atom is 0.407 e. The number of carbonyl (C=O) groups excluding carboxylic acids is 4. The molecule has 4 heterocycles.